The largest absolute Gasteiger partial charge is 0.456 e. The number of hydrogen-bond acceptors (Lipinski definition) is 3. The molecule has 4 nitrogen and oxygen atoms in total. The van der Waals surface area contributed by atoms with E-state index in [1.54, 1.807) is 20.8 Å². The van der Waals surface area contributed by atoms with Crippen LogP contribution in [0.2, 0.25) is 0 Å². The molecule has 1 aromatic rings. The third kappa shape index (κ3) is 4.29. The van der Waals surface area contributed by atoms with E-state index in [9.17, 15) is 9.18 Å². The van der Waals surface area contributed by atoms with Gasteiger partial charge in [-0.25, -0.2) is 9.18 Å². The molecule has 0 saturated carbocycles. The van der Waals surface area contributed by atoms with Crippen LogP contribution in [0.5, 0.6) is 0 Å². The molecule has 0 aliphatic rings. The molecule has 98 valence electrons. The lowest BCUT2D eigenvalue weighted by Crippen LogP contribution is -2.24. The molecule has 0 aromatic heterocycles. The zero-order valence-electron chi connectivity index (χ0n) is 10.4. The monoisotopic (exact) mass is 270 g/mol. The van der Waals surface area contributed by atoms with Crippen molar-refractivity contribution in [3.63, 3.8) is 0 Å². The number of nitrogens with one attached hydrogen (secondary N) is 1. The van der Waals surface area contributed by atoms with Crippen LogP contribution in [0.25, 0.3) is 0 Å². The van der Waals surface area contributed by atoms with Crippen LogP contribution in [-0.4, -0.2) is 16.7 Å². The molecule has 1 aromatic carbocycles. The average molecular weight is 270 g/mol. The first-order valence-corrected chi connectivity index (χ1v) is 5.69. The van der Waals surface area contributed by atoms with Gasteiger partial charge >= 0.3 is 5.97 Å². The highest BCUT2D eigenvalue weighted by Crippen LogP contribution is 2.18. The van der Waals surface area contributed by atoms with E-state index in [2.05, 4.69) is 17.5 Å². The lowest BCUT2D eigenvalue weighted by atomic mass is 10.1. The molecule has 0 unspecified atom stereocenters. The number of ether oxygens (including phenoxy) is 1. The van der Waals surface area contributed by atoms with Gasteiger partial charge in [-0.05, 0) is 51.2 Å². The van der Waals surface area contributed by atoms with Gasteiger partial charge in [0, 0.05) is 5.69 Å². The Balaban J connectivity index is 2.92. The van der Waals surface area contributed by atoms with Crippen molar-refractivity contribution in [2.45, 2.75) is 26.4 Å². The van der Waals surface area contributed by atoms with Crippen molar-refractivity contribution < 1.29 is 13.9 Å². The zero-order valence-corrected chi connectivity index (χ0v) is 11.2. The maximum Gasteiger partial charge on any atom is 0.341 e. The molecule has 0 radical (unpaired) electrons. The molecule has 1 rings (SSSR count). The van der Waals surface area contributed by atoms with Gasteiger partial charge in [0.2, 0.25) is 0 Å². The van der Waals surface area contributed by atoms with Gasteiger partial charge in [-0.15, -0.1) is 0 Å². The van der Waals surface area contributed by atoms with Crippen molar-refractivity contribution in [2.24, 2.45) is 5.73 Å². The Labute approximate surface area is 110 Å². The molecular weight excluding hydrogens is 255 g/mol. The van der Waals surface area contributed by atoms with E-state index in [0.717, 1.165) is 6.07 Å². The standard InChI is InChI=1S/C12H15FN2O2S/c1-12(2,3)17-10(16)8-5-4-7(6-9(8)13)15-11(14)18/h4-6H,1-3H3,(H3,14,15,18). The van der Waals surface area contributed by atoms with E-state index in [1.807, 2.05) is 0 Å². The van der Waals surface area contributed by atoms with E-state index >= 15 is 0 Å². The first-order valence-electron chi connectivity index (χ1n) is 5.28. The summed E-state index contributed by atoms with van der Waals surface area (Å²) in [4.78, 5) is 11.7. The second-order valence-electron chi connectivity index (χ2n) is 4.69. The Morgan fingerprint density at radius 2 is 2.06 bits per heavy atom. The molecule has 0 saturated heterocycles. The summed E-state index contributed by atoms with van der Waals surface area (Å²) in [6.07, 6.45) is 0. The SMILES string of the molecule is CC(C)(C)OC(=O)c1ccc(NC(N)=S)cc1F. The van der Waals surface area contributed by atoms with Crippen LogP contribution in [-0.2, 0) is 4.74 Å². The van der Waals surface area contributed by atoms with Crippen molar-refractivity contribution in [2.75, 3.05) is 5.32 Å². The summed E-state index contributed by atoms with van der Waals surface area (Å²) in [6.45, 7) is 5.14. The molecule has 0 fully saturated rings. The molecule has 0 bridgehead atoms. The van der Waals surface area contributed by atoms with Crippen molar-refractivity contribution in [1.29, 1.82) is 0 Å². The second kappa shape index (κ2) is 5.30. The van der Waals surface area contributed by atoms with Gasteiger partial charge in [0.1, 0.15) is 11.4 Å². The highest BCUT2D eigenvalue weighted by atomic mass is 32.1. The summed E-state index contributed by atoms with van der Waals surface area (Å²) in [7, 11) is 0. The first-order chi connectivity index (χ1) is 8.19. The third-order valence-electron chi connectivity index (χ3n) is 1.86. The maximum absolute atomic E-state index is 13.7. The van der Waals surface area contributed by atoms with E-state index in [-0.39, 0.29) is 10.7 Å². The fraction of sp³-hybridized carbons (Fsp3) is 0.333. The van der Waals surface area contributed by atoms with Crippen LogP contribution in [0.4, 0.5) is 10.1 Å². The van der Waals surface area contributed by atoms with E-state index in [4.69, 9.17) is 10.5 Å². The fourth-order valence-electron chi connectivity index (χ4n) is 1.23. The average Bonchev–Trinajstić information content (AvgIpc) is 2.13. The molecule has 0 amide bonds. The Bertz CT molecular complexity index is 483. The topological polar surface area (TPSA) is 64.3 Å². The van der Waals surface area contributed by atoms with Gasteiger partial charge in [-0.2, -0.15) is 0 Å². The summed E-state index contributed by atoms with van der Waals surface area (Å²) in [6, 6.07) is 3.96. The third-order valence-corrected chi connectivity index (χ3v) is 1.96. The van der Waals surface area contributed by atoms with Gasteiger partial charge in [0.25, 0.3) is 0 Å². The van der Waals surface area contributed by atoms with Crippen molar-refractivity contribution >= 4 is 29.0 Å². The van der Waals surface area contributed by atoms with Gasteiger partial charge in [-0.1, -0.05) is 0 Å². The van der Waals surface area contributed by atoms with Crippen molar-refractivity contribution in [3.8, 4) is 0 Å². The summed E-state index contributed by atoms with van der Waals surface area (Å²) >= 11 is 4.63. The lowest BCUT2D eigenvalue weighted by Gasteiger charge is -2.19. The number of thiocarbonyl (C=S) groups is 1. The van der Waals surface area contributed by atoms with E-state index in [0.29, 0.717) is 5.69 Å². The smallest absolute Gasteiger partial charge is 0.341 e. The number of nitrogens with two attached hydrogens (primary N) is 1. The molecule has 6 heteroatoms. The highest BCUT2D eigenvalue weighted by molar-refractivity contribution is 7.80. The summed E-state index contributed by atoms with van der Waals surface area (Å²) in [5, 5.41) is 2.60. The Hall–Kier alpha value is -1.69. The van der Waals surface area contributed by atoms with Gasteiger partial charge in [0.05, 0.1) is 5.56 Å². The van der Waals surface area contributed by atoms with Crippen molar-refractivity contribution in [3.05, 3.63) is 29.6 Å². The minimum absolute atomic E-state index is 0.0272. The number of esters is 1. The lowest BCUT2D eigenvalue weighted by molar-refractivity contribution is 0.00648. The molecule has 0 aliphatic carbocycles. The minimum Gasteiger partial charge on any atom is -0.456 e. The normalized spacial score (nSPS) is 10.9. The Morgan fingerprint density at radius 3 is 2.50 bits per heavy atom. The van der Waals surface area contributed by atoms with Crippen LogP contribution in [0, 0.1) is 5.82 Å². The molecule has 3 N–H and O–H groups in total. The Kier molecular flexibility index (Phi) is 4.24. The number of hydrogen-bond donors (Lipinski definition) is 2. The quantitative estimate of drug-likeness (QED) is 0.638. The Morgan fingerprint density at radius 1 is 1.44 bits per heavy atom. The van der Waals surface area contributed by atoms with Crippen molar-refractivity contribution in [1.82, 2.24) is 0 Å². The predicted molar refractivity (Wildman–Crippen MR) is 72.0 cm³/mol. The number of carbonyl (C=O) groups is 1. The molecule has 0 atom stereocenters. The predicted octanol–water partition coefficient (Wildman–Crippen LogP) is 2.44. The highest BCUT2D eigenvalue weighted by Gasteiger charge is 2.20. The molecule has 18 heavy (non-hydrogen) atoms. The molecule has 0 aliphatic heterocycles. The number of rotatable bonds is 2. The summed E-state index contributed by atoms with van der Waals surface area (Å²) in [5.74, 6) is -1.40. The van der Waals surface area contributed by atoms with E-state index < -0.39 is 17.4 Å². The van der Waals surface area contributed by atoms with Gasteiger partial charge in [0.15, 0.2) is 5.11 Å². The molecule has 0 spiro atoms. The van der Waals surface area contributed by atoms with Crippen LogP contribution < -0.4 is 11.1 Å². The second-order valence-corrected chi connectivity index (χ2v) is 5.13. The number of halogens is 1. The zero-order chi connectivity index (χ0) is 13.9. The van der Waals surface area contributed by atoms with E-state index in [1.165, 1.54) is 12.1 Å². The minimum atomic E-state index is -0.707. The van der Waals surface area contributed by atoms with Crippen LogP contribution >= 0.6 is 12.2 Å². The van der Waals surface area contributed by atoms with Gasteiger partial charge < -0.3 is 15.8 Å². The fourth-order valence-corrected chi connectivity index (χ4v) is 1.35. The maximum atomic E-state index is 13.7. The van der Waals surface area contributed by atoms with Crippen LogP contribution in [0.15, 0.2) is 18.2 Å². The first kappa shape index (κ1) is 14.4. The molecule has 0 heterocycles. The van der Waals surface area contributed by atoms with Gasteiger partial charge in [-0.3, -0.25) is 0 Å². The summed E-state index contributed by atoms with van der Waals surface area (Å²) < 4.78 is 18.8. The number of carbonyl (C=O) groups excluding carboxylic acids is 1. The number of anilines is 1. The molecular formula is C12H15FN2O2S. The summed E-state index contributed by atoms with van der Waals surface area (Å²) in [5.41, 5.74) is 4.85. The van der Waals surface area contributed by atoms with Crippen LogP contribution in [0.3, 0.4) is 0 Å². The van der Waals surface area contributed by atoms with Crippen LogP contribution in [0.1, 0.15) is 31.1 Å². The number of benzene rings is 1.